The van der Waals surface area contributed by atoms with Crippen LogP contribution in [-0.2, 0) is 14.3 Å². The van der Waals surface area contributed by atoms with E-state index < -0.39 is 23.6 Å². The fourth-order valence-electron chi connectivity index (χ4n) is 3.45. The van der Waals surface area contributed by atoms with Gasteiger partial charge in [-0.1, -0.05) is 47.5 Å². The number of halogens is 2. The first-order valence-electron chi connectivity index (χ1n) is 8.83. The molecule has 2 unspecified atom stereocenters. The third-order valence-corrected chi connectivity index (χ3v) is 5.12. The first-order valence-corrected chi connectivity index (χ1v) is 9.21. The number of carbonyl (C=O) groups excluding carboxylic acids is 2. The summed E-state index contributed by atoms with van der Waals surface area (Å²) in [7, 11) is 0. The maximum Gasteiger partial charge on any atom is 0.317 e. The summed E-state index contributed by atoms with van der Waals surface area (Å²) in [6.07, 6.45) is 1.95. The van der Waals surface area contributed by atoms with Crippen molar-refractivity contribution in [1.29, 1.82) is 0 Å². The molecular formula is C22H20ClFO3. The highest BCUT2D eigenvalue weighted by Crippen LogP contribution is 2.42. The number of esters is 1. The van der Waals surface area contributed by atoms with Gasteiger partial charge in [0, 0.05) is 10.9 Å². The summed E-state index contributed by atoms with van der Waals surface area (Å²) in [4.78, 5) is 25.3. The zero-order valence-electron chi connectivity index (χ0n) is 15.2. The standard InChI is InChI=1S/C22H20ClFO3/c1-3-27-22(26)21-18(17-9-8-16(24)12-19(17)23)10-15(11-20(21)25)14-6-4-13(2)5-7-14/h4-9,11-12,18,21H,3,10H2,1-2H3. The molecule has 2 aromatic rings. The molecule has 0 spiro atoms. The van der Waals surface area contributed by atoms with Gasteiger partial charge >= 0.3 is 5.97 Å². The minimum Gasteiger partial charge on any atom is -0.465 e. The maximum atomic E-state index is 13.5. The molecule has 3 rings (SSSR count). The summed E-state index contributed by atoms with van der Waals surface area (Å²) in [5.74, 6) is -2.85. The van der Waals surface area contributed by atoms with Crippen LogP contribution in [-0.4, -0.2) is 18.4 Å². The second-order valence-corrected chi connectivity index (χ2v) is 7.05. The van der Waals surface area contributed by atoms with Crippen molar-refractivity contribution in [2.24, 2.45) is 5.92 Å². The fourth-order valence-corrected chi connectivity index (χ4v) is 3.75. The van der Waals surface area contributed by atoms with Crippen LogP contribution in [0.4, 0.5) is 4.39 Å². The van der Waals surface area contributed by atoms with Crippen molar-refractivity contribution in [2.75, 3.05) is 6.61 Å². The normalized spacial score (nSPS) is 19.6. The average molecular weight is 387 g/mol. The van der Waals surface area contributed by atoms with Crippen molar-refractivity contribution in [1.82, 2.24) is 0 Å². The molecule has 1 aliphatic carbocycles. The Morgan fingerprint density at radius 2 is 1.93 bits per heavy atom. The average Bonchev–Trinajstić information content (AvgIpc) is 2.62. The molecule has 0 aromatic heterocycles. The Morgan fingerprint density at radius 1 is 1.22 bits per heavy atom. The van der Waals surface area contributed by atoms with Gasteiger partial charge in [-0.15, -0.1) is 0 Å². The third kappa shape index (κ3) is 4.11. The summed E-state index contributed by atoms with van der Waals surface area (Å²) in [6.45, 7) is 3.86. The predicted octanol–water partition coefficient (Wildman–Crippen LogP) is 5.11. The SMILES string of the molecule is CCOC(=O)C1C(=O)C=C(c2ccc(C)cc2)CC1c1ccc(F)cc1Cl. The Hall–Kier alpha value is -2.46. The Kier molecular flexibility index (Phi) is 5.76. The summed E-state index contributed by atoms with van der Waals surface area (Å²) in [6, 6.07) is 11.9. The van der Waals surface area contributed by atoms with Crippen LogP contribution in [0.1, 0.15) is 36.0 Å². The zero-order chi connectivity index (χ0) is 19.6. The lowest BCUT2D eigenvalue weighted by molar-refractivity contribution is -0.151. The summed E-state index contributed by atoms with van der Waals surface area (Å²) < 4.78 is 18.6. The van der Waals surface area contributed by atoms with E-state index in [-0.39, 0.29) is 17.4 Å². The molecule has 2 atom stereocenters. The lowest BCUT2D eigenvalue weighted by Crippen LogP contribution is -2.34. The largest absolute Gasteiger partial charge is 0.465 e. The second kappa shape index (κ2) is 8.05. The minimum absolute atomic E-state index is 0.182. The highest BCUT2D eigenvalue weighted by Gasteiger charge is 2.40. The van der Waals surface area contributed by atoms with Crippen LogP contribution in [0.3, 0.4) is 0 Å². The van der Waals surface area contributed by atoms with E-state index in [0.717, 1.165) is 16.7 Å². The smallest absolute Gasteiger partial charge is 0.317 e. The summed E-state index contributed by atoms with van der Waals surface area (Å²) in [5.41, 5.74) is 3.43. The molecule has 0 bridgehead atoms. The molecule has 3 nitrogen and oxygen atoms in total. The number of benzene rings is 2. The van der Waals surface area contributed by atoms with Crippen LogP contribution in [0.2, 0.25) is 5.02 Å². The van der Waals surface area contributed by atoms with E-state index >= 15 is 0 Å². The van der Waals surface area contributed by atoms with E-state index in [0.29, 0.717) is 12.0 Å². The van der Waals surface area contributed by atoms with E-state index in [4.69, 9.17) is 16.3 Å². The maximum absolute atomic E-state index is 13.5. The monoisotopic (exact) mass is 386 g/mol. The van der Waals surface area contributed by atoms with Crippen molar-refractivity contribution < 1.29 is 18.7 Å². The van der Waals surface area contributed by atoms with Gasteiger partial charge in [-0.05, 0) is 55.2 Å². The predicted molar refractivity (Wildman–Crippen MR) is 103 cm³/mol. The van der Waals surface area contributed by atoms with Crippen LogP contribution < -0.4 is 0 Å². The van der Waals surface area contributed by atoms with Gasteiger partial charge in [-0.3, -0.25) is 9.59 Å². The number of allylic oxidation sites excluding steroid dienone is 2. The highest BCUT2D eigenvalue weighted by atomic mass is 35.5. The molecule has 27 heavy (non-hydrogen) atoms. The van der Waals surface area contributed by atoms with Crippen molar-refractivity contribution in [3.05, 3.63) is 76.1 Å². The number of hydrogen-bond donors (Lipinski definition) is 0. The summed E-state index contributed by atoms with van der Waals surface area (Å²) in [5, 5.41) is 0.201. The molecular weight excluding hydrogens is 367 g/mol. The highest BCUT2D eigenvalue weighted by molar-refractivity contribution is 6.31. The Labute approximate surface area is 162 Å². The lowest BCUT2D eigenvalue weighted by atomic mass is 9.73. The van der Waals surface area contributed by atoms with E-state index in [1.165, 1.54) is 18.2 Å². The molecule has 2 aromatic carbocycles. The quantitative estimate of drug-likeness (QED) is 0.542. The van der Waals surface area contributed by atoms with Gasteiger partial charge in [-0.25, -0.2) is 4.39 Å². The van der Waals surface area contributed by atoms with Crippen LogP contribution in [0.15, 0.2) is 48.5 Å². The Morgan fingerprint density at radius 3 is 2.56 bits per heavy atom. The van der Waals surface area contributed by atoms with Gasteiger partial charge < -0.3 is 4.74 Å². The first-order chi connectivity index (χ1) is 12.9. The molecule has 0 radical (unpaired) electrons. The number of ether oxygens (including phenoxy) is 1. The second-order valence-electron chi connectivity index (χ2n) is 6.64. The molecule has 0 aliphatic heterocycles. The van der Waals surface area contributed by atoms with Crippen molar-refractivity contribution in [3.8, 4) is 0 Å². The lowest BCUT2D eigenvalue weighted by Gasteiger charge is -2.30. The molecule has 0 amide bonds. The molecule has 1 aliphatic rings. The molecule has 0 heterocycles. The molecule has 140 valence electrons. The van der Waals surface area contributed by atoms with Gasteiger partial charge in [0.2, 0.25) is 0 Å². The number of aryl methyl sites for hydroxylation is 1. The Bertz CT molecular complexity index is 902. The molecule has 5 heteroatoms. The van der Waals surface area contributed by atoms with Crippen molar-refractivity contribution in [2.45, 2.75) is 26.2 Å². The van der Waals surface area contributed by atoms with Crippen molar-refractivity contribution >= 4 is 28.9 Å². The van der Waals surface area contributed by atoms with E-state index in [9.17, 15) is 14.0 Å². The van der Waals surface area contributed by atoms with Crippen LogP contribution in [0, 0.1) is 18.7 Å². The topological polar surface area (TPSA) is 43.4 Å². The van der Waals surface area contributed by atoms with Gasteiger partial charge in [-0.2, -0.15) is 0 Å². The number of rotatable bonds is 4. The van der Waals surface area contributed by atoms with E-state index in [2.05, 4.69) is 0 Å². The zero-order valence-corrected chi connectivity index (χ0v) is 15.9. The van der Waals surface area contributed by atoms with Gasteiger partial charge in [0.1, 0.15) is 11.7 Å². The Balaban J connectivity index is 2.05. The fraction of sp³-hybridized carbons (Fsp3) is 0.273. The van der Waals surface area contributed by atoms with Gasteiger partial charge in [0.25, 0.3) is 0 Å². The number of ketones is 1. The van der Waals surface area contributed by atoms with Crippen molar-refractivity contribution in [3.63, 3.8) is 0 Å². The third-order valence-electron chi connectivity index (χ3n) is 4.79. The molecule has 0 saturated heterocycles. The first kappa shape index (κ1) is 19.3. The van der Waals surface area contributed by atoms with E-state index in [1.54, 1.807) is 13.0 Å². The minimum atomic E-state index is -0.984. The van der Waals surface area contributed by atoms with Gasteiger partial charge in [0.05, 0.1) is 6.61 Å². The molecule has 0 fully saturated rings. The molecule has 0 N–H and O–H groups in total. The van der Waals surface area contributed by atoms with Crippen LogP contribution >= 0.6 is 11.6 Å². The van der Waals surface area contributed by atoms with Crippen LogP contribution in [0.5, 0.6) is 0 Å². The summed E-state index contributed by atoms with van der Waals surface area (Å²) >= 11 is 6.25. The molecule has 0 saturated carbocycles. The van der Waals surface area contributed by atoms with Gasteiger partial charge in [0.15, 0.2) is 5.78 Å². The van der Waals surface area contributed by atoms with E-state index in [1.807, 2.05) is 31.2 Å². The number of carbonyl (C=O) groups is 2. The van der Waals surface area contributed by atoms with Crippen LogP contribution in [0.25, 0.3) is 5.57 Å². The number of hydrogen-bond acceptors (Lipinski definition) is 3.